The van der Waals surface area contributed by atoms with Gasteiger partial charge in [0.1, 0.15) is 0 Å². The first-order valence-corrected chi connectivity index (χ1v) is 5.61. The highest BCUT2D eigenvalue weighted by Crippen LogP contribution is 2.34. The summed E-state index contributed by atoms with van der Waals surface area (Å²) in [5.41, 5.74) is 4.82. The Morgan fingerprint density at radius 2 is 2.00 bits per heavy atom. The van der Waals surface area contributed by atoms with Crippen molar-refractivity contribution in [3.05, 3.63) is 41.7 Å². The number of Topliss-reactive ketones (excluding diaryl/α,β-unsaturated/α-hetero) is 1. The van der Waals surface area contributed by atoms with Crippen LogP contribution in [0.1, 0.15) is 22.3 Å². The highest BCUT2D eigenvalue weighted by atomic mass is 19.4. The van der Waals surface area contributed by atoms with Crippen LogP contribution in [0.25, 0.3) is 10.8 Å². The third-order valence-electron chi connectivity index (χ3n) is 2.76. The van der Waals surface area contributed by atoms with Crippen LogP contribution in [0, 0.1) is 0 Å². The molecule has 0 spiro atoms. The van der Waals surface area contributed by atoms with Gasteiger partial charge >= 0.3 is 6.18 Å². The van der Waals surface area contributed by atoms with Gasteiger partial charge in [-0.15, -0.1) is 0 Å². The summed E-state index contributed by atoms with van der Waals surface area (Å²) in [6, 6.07) is 4.09. The molecule has 0 aliphatic carbocycles. The molecular weight excluding hydrogens is 257 g/mol. The zero-order valence-electron chi connectivity index (χ0n) is 9.87. The van der Waals surface area contributed by atoms with E-state index >= 15 is 0 Å². The molecule has 0 aliphatic rings. The molecule has 100 valence electrons. The number of alkyl halides is 3. The summed E-state index contributed by atoms with van der Waals surface area (Å²) >= 11 is 0. The molecule has 1 aromatic carbocycles. The van der Waals surface area contributed by atoms with E-state index < -0.39 is 11.7 Å². The van der Waals surface area contributed by atoms with E-state index in [0.717, 1.165) is 6.20 Å². The normalized spacial score (nSPS) is 11.8. The minimum absolute atomic E-state index is 0.0341. The lowest BCUT2D eigenvalue weighted by molar-refractivity contribution is -0.136. The van der Waals surface area contributed by atoms with Gasteiger partial charge in [-0.1, -0.05) is 12.1 Å². The highest BCUT2D eigenvalue weighted by molar-refractivity contribution is 6.00. The molecule has 0 amide bonds. The molecule has 0 atom stereocenters. The fourth-order valence-corrected chi connectivity index (χ4v) is 1.85. The van der Waals surface area contributed by atoms with Crippen molar-refractivity contribution in [2.75, 3.05) is 6.54 Å². The third kappa shape index (κ3) is 2.73. The standard InChI is InChI=1S/C13H11F3N2O/c14-13(15,16)11-7-18-6-9-5-8(1-2-10(9)11)12(19)3-4-17/h1-2,5-7H,3-4,17H2. The zero-order chi connectivity index (χ0) is 14.0. The smallest absolute Gasteiger partial charge is 0.330 e. The molecule has 0 bridgehead atoms. The van der Waals surface area contributed by atoms with Gasteiger partial charge in [-0.25, -0.2) is 0 Å². The lowest BCUT2D eigenvalue weighted by atomic mass is 10.0. The molecule has 1 heterocycles. The summed E-state index contributed by atoms with van der Waals surface area (Å²) in [4.78, 5) is 15.2. The van der Waals surface area contributed by atoms with Crippen LogP contribution in [-0.2, 0) is 6.18 Å². The number of carbonyl (C=O) groups excluding carboxylic acids is 1. The average Bonchev–Trinajstić information content (AvgIpc) is 2.36. The first kappa shape index (κ1) is 13.5. The van der Waals surface area contributed by atoms with Gasteiger partial charge in [0.2, 0.25) is 0 Å². The van der Waals surface area contributed by atoms with E-state index in [-0.39, 0.29) is 29.5 Å². The number of hydrogen-bond donors (Lipinski definition) is 1. The molecule has 19 heavy (non-hydrogen) atoms. The predicted octanol–water partition coefficient (Wildman–Crippen LogP) is 2.79. The van der Waals surface area contributed by atoms with Gasteiger partial charge in [-0.3, -0.25) is 9.78 Å². The Labute approximate surface area is 107 Å². The topological polar surface area (TPSA) is 56.0 Å². The van der Waals surface area contributed by atoms with Crippen LogP contribution in [-0.4, -0.2) is 17.3 Å². The van der Waals surface area contributed by atoms with E-state index in [1.54, 1.807) is 0 Å². The quantitative estimate of drug-likeness (QED) is 0.871. The van der Waals surface area contributed by atoms with Gasteiger partial charge in [0.25, 0.3) is 0 Å². The maximum absolute atomic E-state index is 12.8. The average molecular weight is 268 g/mol. The predicted molar refractivity (Wildman–Crippen MR) is 64.7 cm³/mol. The maximum atomic E-state index is 12.8. The summed E-state index contributed by atoms with van der Waals surface area (Å²) in [6.45, 7) is 0.206. The van der Waals surface area contributed by atoms with Gasteiger partial charge in [-0.05, 0) is 18.0 Å². The lowest BCUT2D eigenvalue weighted by Crippen LogP contribution is -2.09. The molecule has 0 saturated heterocycles. The van der Waals surface area contributed by atoms with E-state index in [1.165, 1.54) is 24.4 Å². The molecule has 0 radical (unpaired) electrons. The largest absolute Gasteiger partial charge is 0.418 e. The van der Waals surface area contributed by atoms with Crippen molar-refractivity contribution in [2.45, 2.75) is 12.6 Å². The molecule has 2 aromatic rings. The van der Waals surface area contributed by atoms with Crippen molar-refractivity contribution in [1.29, 1.82) is 0 Å². The van der Waals surface area contributed by atoms with Crippen LogP contribution in [0.4, 0.5) is 13.2 Å². The zero-order valence-corrected chi connectivity index (χ0v) is 9.87. The number of rotatable bonds is 3. The van der Waals surface area contributed by atoms with Crippen LogP contribution in [0.15, 0.2) is 30.6 Å². The summed E-state index contributed by atoms with van der Waals surface area (Å²) in [7, 11) is 0. The number of aromatic nitrogens is 1. The van der Waals surface area contributed by atoms with Crippen LogP contribution in [0.3, 0.4) is 0 Å². The molecule has 1 aromatic heterocycles. The van der Waals surface area contributed by atoms with E-state index in [0.29, 0.717) is 5.56 Å². The number of nitrogens with two attached hydrogens (primary N) is 1. The Balaban J connectivity index is 2.54. The summed E-state index contributed by atoms with van der Waals surface area (Å²) in [5.74, 6) is -0.193. The molecule has 2 rings (SSSR count). The fourth-order valence-electron chi connectivity index (χ4n) is 1.85. The number of pyridine rings is 1. The van der Waals surface area contributed by atoms with Gasteiger partial charge in [0.05, 0.1) is 5.56 Å². The number of ketones is 1. The van der Waals surface area contributed by atoms with Crippen molar-refractivity contribution in [3.63, 3.8) is 0 Å². The Kier molecular flexibility index (Phi) is 3.53. The molecule has 3 nitrogen and oxygen atoms in total. The monoisotopic (exact) mass is 268 g/mol. The molecular formula is C13H11F3N2O. The van der Waals surface area contributed by atoms with Crippen LogP contribution in [0.5, 0.6) is 0 Å². The summed E-state index contributed by atoms with van der Waals surface area (Å²) in [5, 5.41) is 0.324. The van der Waals surface area contributed by atoms with Crippen molar-refractivity contribution in [2.24, 2.45) is 5.73 Å². The maximum Gasteiger partial charge on any atom is 0.418 e. The minimum Gasteiger partial charge on any atom is -0.330 e. The van der Waals surface area contributed by atoms with Gasteiger partial charge in [-0.2, -0.15) is 13.2 Å². The molecule has 0 aliphatic heterocycles. The Morgan fingerprint density at radius 3 is 2.63 bits per heavy atom. The second-order valence-electron chi connectivity index (χ2n) is 4.08. The van der Waals surface area contributed by atoms with Crippen molar-refractivity contribution >= 4 is 16.6 Å². The summed E-state index contributed by atoms with van der Waals surface area (Å²) in [6.07, 6.45) is -2.21. The van der Waals surface area contributed by atoms with Crippen LogP contribution < -0.4 is 5.73 Å². The Hall–Kier alpha value is -1.95. The number of hydrogen-bond acceptors (Lipinski definition) is 3. The van der Waals surface area contributed by atoms with E-state index in [1.807, 2.05) is 0 Å². The second kappa shape index (κ2) is 4.97. The molecule has 0 fully saturated rings. The van der Waals surface area contributed by atoms with Crippen molar-refractivity contribution in [3.8, 4) is 0 Å². The first-order valence-electron chi connectivity index (χ1n) is 5.61. The summed E-state index contributed by atoms with van der Waals surface area (Å²) < 4.78 is 38.3. The first-order chi connectivity index (χ1) is 8.93. The van der Waals surface area contributed by atoms with Crippen LogP contribution in [0.2, 0.25) is 0 Å². The second-order valence-corrected chi connectivity index (χ2v) is 4.08. The van der Waals surface area contributed by atoms with Gasteiger partial charge < -0.3 is 5.73 Å². The number of halogens is 3. The van der Waals surface area contributed by atoms with Crippen LogP contribution >= 0.6 is 0 Å². The molecule has 6 heteroatoms. The van der Waals surface area contributed by atoms with E-state index in [4.69, 9.17) is 5.73 Å². The fraction of sp³-hybridized carbons (Fsp3) is 0.231. The number of fused-ring (bicyclic) bond motifs is 1. The Morgan fingerprint density at radius 1 is 1.26 bits per heavy atom. The number of nitrogens with zero attached hydrogens (tertiary/aromatic N) is 1. The lowest BCUT2D eigenvalue weighted by Gasteiger charge is -2.10. The highest BCUT2D eigenvalue weighted by Gasteiger charge is 2.32. The van der Waals surface area contributed by atoms with Crippen molar-refractivity contribution in [1.82, 2.24) is 4.98 Å². The van der Waals surface area contributed by atoms with E-state index in [2.05, 4.69) is 4.98 Å². The molecule has 0 saturated carbocycles. The van der Waals surface area contributed by atoms with Gasteiger partial charge in [0.15, 0.2) is 5.78 Å². The van der Waals surface area contributed by atoms with Crippen molar-refractivity contribution < 1.29 is 18.0 Å². The number of benzene rings is 1. The minimum atomic E-state index is -4.46. The Bertz CT molecular complexity index is 623. The number of carbonyl (C=O) groups is 1. The SMILES string of the molecule is NCCC(=O)c1ccc2c(C(F)(F)F)cncc2c1. The van der Waals surface area contributed by atoms with Gasteiger partial charge in [0, 0.05) is 29.8 Å². The third-order valence-corrected chi connectivity index (χ3v) is 2.76. The molecule has 0 unspecified atom stereocenters. The molecule has 2 N–H and O–H groups in total. The van der Waals surface area contributed by atoms with E-state index in [9.17, 15) is 18.0 Å².